The Morgan fingerprint density at radius 1 is 0.882 bits per heavy atom. The van der Waals surface area contributed by atoms with Gasteiger partial charge >= 0.3 is 5.97 Å². The molecular formula is C27H26ClNO5. The van der Waals surface area contributed by atoms with Crippen LogP contribution in [0.25, 0.3) is 0 Å². The van der Waals surface area contributed by atoms with Crippen LogP contribution in [0.1, 0.15) is 43.5 Å². The fourth-order valence-electron chi connectivity index (χ4n) is 3.28. The van der Waals surface area contributed by atoms with E-state index in [-0.39, 0.29) is 18.2 Å². The number of Topliss-reactive ketones (excluding diaryl/α,β-unsaturated/α-hetero) is 1. The number of halogens is 1. The van der Waals surface area contributed by atoms with Crippen LogP contribution in [0.5, 0.6) is 17.2 Å². The van der Waals surface area contributed by atoms with E-state index in [9.17, 15) is 14.4 Å². The van der Waals surface area contributed by atoms with Crippen LogP contribution in [0, 0.1) is 0 Å². The second-order valence-corrected chi connectivity index (χ2v) is 8.08. The molecule has 0 aromatic heterocycles. The first-order chi connectivity index (χ1) is 16.4. The molecule has 6 nitrogen and oxygen atoms in total. The predicted molar refractivity (Wildman–Crippen MR) is 132 cm³/mol. The van der Waals surface area contributed by atoms with Crippen molar-refractivity contribution in [2.24, 2.45) is 0 Å². The number of rotatable bonds is 10. The van der Waals surface area contributed by atoms with Gasteiger partial charge in [0.1, 0.15) is 11.5 Å². The fourth-order valence-corrected chi connectivity index (χ4v) is 3.40. The summed E-state index contributed by atoms with van der Waals surface area (Å²) in [6, 6.07) is 20.3. The van der Waals surface area contributed by atoms with Crippen molar-refractivity contribution in [3.8, 4) is 17.2 Å². The Kier molecular flexibility index (Phi) is 8.82. The highest BCUT2D eigenvalue weighted by atomic mass is 35.5. The molecule has 0 unspecified atom stereocenters. The molecule has 0 bridgehead atoms. The van der Waals surface area contributed by atoms with E-state index in [4.69, 9.17) is 21.1 Å². The molecule has 34 heavy (non-hydrogen) atoms. The quantitative estimate of drug-likeness (QED) is 0.189. The zero-order chi connectivity index (χ0) is 24.5. The number of unbranched alkanes of at least 4 members (excludes halogenated alkanes) is 1. The molecule has 3 aromatic rings. The van der Waals surface area contributed by atoms with Crippen LogP contribution in [-0.4, -0.2) is 24.2 Å². The minimum atomic E-state index is -0.441. The van der Waals surface area contributed by atoms with E-state index in [0.717, 1.165) is 6.42 Å². The summed E-state index contributed by atoms with van der Waals surface area (Å²) < 4.78 is 11.0. The van der Waals surface area contributed by atoms with E-state index in [0.29, 0.717) is 46.4 Å². The van der Waals surface area contributed by atoms with Crippen molar-refractivity contribution < 1.29 is 23.9 Å². The number of esters is 1. The van der Waals surface area contributed by atoms with Gasteiger partial charge in [-0.3, -0.25) is 14.4 Å². The average Bonchev–Trinajstić information content (AvgIpc) is 2.83. The molecule has 176 valence electrons. The van der Waals surface area contributed by atoms with Gasteiger partial charge in [0.05, 0.1) is 12.2 Å². The van der Waals surface area contributed by atoms with E-state index in [1.165, 1.54) is 11.8 Å². The maximum absolute atomic E-state index is 13.1. The van der Waals surface area contributed by atoms with E-state index < -0.39 is 5.97 Å². The van der Waals surface area contributed by atoms with Crippen LogP contribution in [0.4, 0.5) is 5.69 Å². The van der Waals surface area contributed by atoms with Gasteiger partial charge in [0.2, 0.25) is 5.91 Å². The Hall–Kier alpha value is -3.64. The van der Waals surface area contributed by atoms with Crippen LogP contribution >= 0.6 is 11.6 Å². The van der Waals surface area contributed by atoms with Gasteiger partial charge < -0.3 is 14.4 Å². The molecule has 7 heteroatoms. The Morgan fingerprint density at radius 2 is 1.53 bits per heavy atom. The molecule has 0 aliphatic carbocycles. The van der Waals surface area contributed by atoms with Gasteiger partial charge in [-0.2, -0.15) is 0 Å². The minimum absolute atomic E-state index is 0.156. The number of hydrogen-bond donors (Lipinski definition) is 0. The molecule has 0 N–H and O–H groups in total. The Labute approximate surface area is 204 Å². The van der Waals surface area contributed by atoms with E-state index in [2.05, 4.69) is 0 Å². The van der Waals surface area contributed by atoms with Crippen molar-refractivity contribution in [2.75, 3.05) is 11.4 Å². The Balaban J connectivity index is 1.88. The first-order valence-electron chi connectivity index (χ1n) is 11.0. The van der Waals surface area contributed by atoms with Crippen LogP contribution in [0.2, 0.25) is 5.02 Å². The van der Waals surface area contributed by atoms with Crippen molar-refractivity contribution in [1.82, 2.24) is 0 Å². The second kappa shape index (κ2) is 12.0. The summed E-state index contributed by atoms with van der Waals surface area (Å²) >= 11 is 5.97. The standard InChI is InChI=1S/C27H26ClNO5/c1-3-4-9-27(32)29(18-25(31)20-10-14-22(15-11-20)33-19(2)30)24-7-5-6-8-26(24)34-23-16-12-21(28)13-17-23/h5-8,10-17H,3-4,9,18H2,1-2H3. The normalized spacial score (nSPS) is 10.4. The molecule has 0 aliphatic rings. The predicted octanol–water partition coefficient (Wildman–Crippen LogP) is 6.46. The lowest BCUT2D eigenvalue weighted by Gasteiger charge is -2.24. The number of para-hydroxylation sites is 2. The summed E-state index contributed by atoms with van der Waals surface area (Å²) in [7, 11) is 0. The topological polar surface area (TPSA) is 72.9 Å². The summed E-state index contributed by atoms with van der Waals surface area (Å²) in [5, 5.41) is 0.585. The molecule has 0 aliphatic heterocycles. The second-order valence-electron chi connectivity index (χ2n) is 7.65. The number of anilines is 1. The third-order valence-corrected chi connectivity index (χ3v) is 5.23. The highest BCUT2D eigenvalue weighted by Gasteiger charge is 2.23. The maximum atomic E-state index is 13.1. The fraction of sp³-hybridized carbons (Fsp3) is 0.222. The van der Waals surface area contributed by atoms with Crippen molar-refractivity contribution in [3.05, 3.63) is 83.4 Å². The summed E-state index contributed by atoms with van der Waals surface area (Å²) in [6.07, 6.45) is 1.87. The molecule has 0 saturated carbocycles. The summed E-state index contributed by atoms with van der Waals surface area (Å²) in [6.45, 7) is 3.16. The molecule has 0 fully saturated rings. The van der Waals surface area contributed by atoms with E-state index in [1.807, 2.05) is 6.92 Å². The molecule has 0 saturated heterocycles. The minimum Gasteiger partial charge on any atom is -0.455 e. The monoisotopic (exact) mass is 479 g/mol. The average molecular weight is 480 g/mol. The summed E-state index contributed by atoms with van der Waals surface area (Å²) in [5.41, 5.74) is 0.906. The Bertz CT molecular complexity index is 1140. The van der Waals surface area contributed by atoms with Gasteiger partial charge in [-0.25, -0.2) is 0 Å². The first kappa shape index (κ1) is 25.0. The molecule has 0 radical (unpaired) electrons. The lowest BCUT2D eigenvalue weighted by Crippen LogP contribution is -2.36. The number of carbonyl (C=O) groups excluding carboxylic acids is 3. The van der Waals surface area contributed by atoms with Crippen LogP contribution < -0.4 is 14.4 Å². The van der Waals surface area contributed by atoms with Crippen LogP contribution in [0.15, 0.2) is 72.8 Å². The Morgan fingerprint density at radius 3 is 2.18 bits per heavy atom. The number of carbonyl (C=O) groups is 3. The first-order valence-corrected chi connectivity index (χ1v) is 11.4. The third kappa shape index (κ3) is 6.93. The zero-order valence-corrected chi connectivity index (χ0v) is 19.9. The number of hydrogen-bond acceptors (Lipinski definition) is 5. The number of ketones is 1. The number of nitrogens with zero attached hydrogens (tertiary/aromatic N) is 1. The highest BCUT2D eigenvalue weighted by Crippen LogP contribution is 2.33. The van der Waals surface area contributed by atoms with Gasteiger partial charge in [-0.15, -0.1) is 0 Å². The largest absolute Gasteiger partial charge is 0.455 e. The van der Waals surface area contributed by atoms with Crippen LogP contribution in [-0.2, 0) is 9.59 Å². The van der Waals surface area contributed by atoms with E-state index in [1.54, 1.807) is 72.8 Å². The lowest BCUT2D eigenvalue weighted by atomic mass is 10.1. The smallest absolute Gasteiger partial charge is 0.308 e. The van der Waals surface area contributed by atoms with Gasteiger partial charge in [0.15, 0.2) is 11.5 Å². The molecule has 3 aromatic carbocycles. The van der Waals surface area contributed by atoms with Gasteiger partial charge in [0, 0.05) is 23.9 Å². The molecule has 1 amide bonds. The SMILES string of the molecule is CCCCC(=O)N(CC(=O)c1ccc(OC(C)=O)cc1)c1ccccc1Oc1ccc(Cl)cc1. The maximum Gasteiger partial charge on any atom is 0.308 e. The highest BCUT2D eigenvalue weighted by molar-refractivity contribution is 6.30. The van der Waals surface area contributed by atoms with Gasteiger partial charge in [-0.05, 0) is 67.1 Å². The molecule has 0 atom stereocenters. The molecular weight excluding hydrogens is 454 g/mol. The molecule has 0 spiro atoms. The lowest BCUT2D eigenvalue weighted by molar-refractivity contribution is -0.131. The summed E-state index contributed by atoms with van der Waals surface area (Å²) in [4.78, 5) is 38.8. The number of ether oxygens (including phenoxy) is 2. The zero-order valence-electron chi connectivity index (χ0n) is 19.1. The molecule has 0 heterocycles. The van der Waals surface area contributed by atoms with Crippen molar-refractivity contribution >= 4 is 34.9 Å². The van der Waals surface area contributed by atoms with Gasteiger partial charge in [0.25, 0.3) is 0 Å². The van der Waals surface area contributed by atoms with Crippen LogP contribution in [0.3, 0.4) is 0 Å². The van der Waals surface area contributed by atoms with E-state index >= 15 is 0 Å². The third-order valence-electron chi connectivity index (χ3n) is 4.98. The van der Waals surface area contributed by atoms with Gasteiger partial charge in [-0.1, -0.05) is 37.1 Å². The van der Waals surface area contributed by atoms with Crippen molar-refractivity contribution in [1.29, 1.82) is 0 Å². The molecule has 3 rings (SSSR count). The van der Waals surface area contributed by atoms with Crippen molar-refractivity contribution in [3.63, 3.8) is 0 Å². The summed E-state index contributed by atoms with van der Waals surface area (Å²) in [5.74, 6) is 0.503. The van der Waals surface area contributed by atoms with Crippen molar-refractivity contribution in [2.45, 2.75) is 33.1 Å². The number of benzene rings is 3. The number of amides is 1.